The zero-order valence-electron chi connectivity index (χ0n) is 9.51. The largest absolute Gasteiger partial charge is 1.00 e. The van der Waals surface area contributed by atoms with E-state index in [-0.39, 0.29) is 12.4 Å². The summed E-state index contributed by atoms with van der Waals surface area (Å²) in [6.07, 6.45) is 4.27. The molecule has 0 amide bonds. The molecular formula is C13H13ClN2S. The first-order valence-electron chi connectivity index (χ1n) is 5.33. The van der Waals surface area contributed by atoms with Crippen LogP contribution in [0.5, 0.6) is 0 Å². The maximum Gasteiger partial charge on any atom is 0.346 e. The van der Waals surface area contributed by atoms with Crippen LogP contribution in [0.25, 0.3) is 4.96 Å². The SMILES string of the molecule is Cc1csc2n1cc[n+]2Cc1ccccc1.[Cl-]. The van der Waals surface area contributed by atoms with Crippen molar-refractivity contribution in [2.45, 2.75) is 13.5 Å². The van der Waals surface area contributed by atoms with Gasteiger partial charge in [-0.05, 0) is 12.5 Å². The second-order valence-corrected chi connectivity index (χ2v) is 4.78. The Morgan fingerprint density at radius 1 is 1.24 bits per heavy atom. The number of aromatic nitrogens is 2. The van der Waals surface area contributed by atoms with Crippen molar-refractivity contribution in [1.29, 1.82) is 0 Å². The topological polar surface area (TPSA) is 8.29 Å². The summed E-state index contributed by atoms with van der Waals surface area (Å²) in [5.41, 5.74) is 2.64. The van der Waals surface area contributed by atoms with Gasteiger partial charge in [-0.3, -0.25) is 0 Å². The minimum Gasteiger partial charge on any atom is -1.00 e. The van der Waals surface area contributed by atoms with Crippen molar-refractivity contribution in [3.05, 3.63) is 59.4 Å². The first-order chi connectivity index (χ1) is 7.84. The van der Waals surface area contributed by atoms with Crippen LogP contribution in [0, 0.1) is 6.92 Å². The zero-order valence-corrected chi connectivity index (χ0v) is 11.1. The molecule has 0 aliphatic carbocycles. The lowest BCUT2D eigenvalue weighted by Gasteiger charge is -1.96. The number of hydrogen-bond donors (Lipinski definition) is 0. The Hall–Kier alpha value is -1.32. The Morgan fingerprint density at radius 3 is 2.76 bits per heavy atom. The molecule has 0 aliphatic heterocycles. The van der Waals surface area contributed by atoms with Gasteiger partial charge < -0.3 is 12.4 Å². The van der Waals surface area contributed by atoms with E-state index in [4.69, 9.17) is 0 Å². The summed E-state index contributed by atoms with van der Waals surface area (Å²) in [5.74, 6) is 0. The van der Waals surface area contributed by atoms with Crippen molar-refractivity contribution in [3.8, 4) is 0 Å². The van der Waals surface area contributed by atoms with Gasteiger partial charge >= 0.3 is 4.96 Å². The number of aryl methyl sites for hydroxylation is 1. The summed E-state index contributed by atoms with van der Waals surface area (Å²) >= 11 is 1.79. The summed E-state index contributed by atoms with van der Waals surface area (Å²) in [7, 11) is 0. The van der Waals surface area contributed by atoms with Crippen LogP contribution >= 0.6 is 11.3 Å². The van der Waals surface area contributed by atoms with Crippen LogP contribution in [-0.4, -0.2) is 4.40 Å². The van der Waals surface area contributed by atoms with Crippen LogP contribution in [0.15, 0.2) is 48.1 Å². The molecule has 1 aromatic carbocycles. The van der Waals surface area contributed by atoms with Crippen molar-refractivity contribution in [3.63, 3.8) is 0 Å². The van der Waals surface area contributed by atoms with Gasteiger partial charge in [-0.15, -0.1) is 0 Å². The number of thiazole rings is 1. The maximum atomic E-state index is 2.28. The van der Waals surface area contributed by atoms with Crippen molar-refractivity contribution in [2.75, 3.05) is 0 Å². The zero-order chi connectivity index (χ0) is 11.0. The van der Waals surface area contributed by atoms with Crippen molar-refractivity contribution < 1.29 is 17.0 Å². The van der Waals surface area contributed by atoms with Gasteiger partial charge in [0.05, 0.1) is 0 Å². The maximum absolute atomic E-state index is 2.28. The minimum atomic E-state index is 0. The Bertz CT molecular complexity index is 613. The monoisotopic (exact) mass is 264 g/mol. The number of nitrogens with zero attached hydrogens (tertiary/aromatic N) is 2. The first kappa shape index (κ1) is 12.1. The molecule has 2 nitrogen and oxygen atoms in total. The molecule has 0 saturated heterocycles. The summed E-state index contributed by atoms with van der Waals surface area (Å²) < 4.78 is 4.51. The van der Waals surface area contributed by atoms with Crippen molar-refractivity contribution in [1.82, 2.24) is 4.40 Å². The van der Waals surface area contributed by atoms with E-state index in [0.29, 0.717) is 0 Å². The third-order valence-electron chi connectivity index (χ3n) is 2.76. The van der Waals surface area contributed by atoms with E-state index in [2.05, 4.69) is 64.0 Å². The molecule has 0 radical (unpaired) electrons. The van der Waals surface area contributed by atoms with E-state index in [9.17, 15) is 0 Å². The van der Waals surface area contributed by atoms with Gasteiger partial charge in [-0.25, -0.2) is 4.57 Å². The van der Waals surface area contributed by atoms with Gasteiger partial charge in [0, 0.05) is 5.38 Å². The molecular weight excluding hydrogens is 252 g/mol. The highest BCUT2D eigenvalue weighted by atomic mass is 35.5. The highest BCUT2D eigenvalue weighted by molar-refractivity contribution is 7.14. The summed E-state index contributed by atoms with van der Waals surface area (Å²) in [4.78, 5) is 1.29. The Balaban J connectivity index is 0.00000108. The second kappa shape index (κ2) is 4.90. The molecule has 0 unspecified atom stereocenters. The smallest absolute Gasteiger partial charge is 0.346 e. The van der Waals surface area contributed by atoms with Crippen molar-refractivity contribution >= 4 is 16.3 Å². The summed E-state index contributed by atoms with van der Waals surface area (Å²) in [6.45, 7) is 3.08. The molecule has 2 aromatic heterocycles. The predicted molar refractivity (Wildman–Crippen MR) is 65.8 cm³/mol. The highest BCUT2D eigenvalue weighted by Crippen LogP contribution is 2.12. The van der Waals surface area contributed by atoms with E-state index in [1.54, 1.807) is 11.3 Å². The number of benzene rings is 1. The van der Waals surface area contributed by atoms with Gasteiger partial charge in [0.2, 0.25) is 0 Å². The fourth-order valence-electron chi connectivity index (χ4n) is 1.90. The molecule has 0 N–H and O–H groups in total. The molecule has 88 valence electrons. The minimum absolute atomic E-state index is 0. The molecule has 2 heterocycles. The summed E-state index contributed by atoms with van der Waals surface area (Å²) in [6, 6.07) is 10.6. The number of hydrogen-bond acceptors (Lipinski definition) is 1. The van der Waals surface area contributed by atoms with Crippen LogP contribution in [-0.2, 0) is 6.54 Å². The lowest BCUT2D eigenvalue weighted by Crippen LogP contribution is -3.00. The number of imidazole rings is 1. The van der Waals surface area contributed by atoms with Crippen LogP contribution in [0.3, 0.4) is 0 Å². The molecule has 0 saturated carbocycles. The Kier molecular flexibility index (Phi) is 3.50. The normalized spacial score (nSPS) is 10.4. The third kappa shape index (κ3) is 2.21. The molecule has 0 spiro atoms. The molecule has 0 fully saturated rings. The lowest BCUT2D eigenvalue weighted by atomic mass is 10.2. The van der Waals surface area contributed by atoms with Gasteiger partial charge in [0.15, 0.2) is 0 Å². The number of halogens is 1. The fourth-order valence-corrected chi connectivity index (χ4v) is 2.87. The third-order valence-corrected chi connectivity index (χ3v) is 3.86. The average Bonchev–Trinajstić information content (AvgIpc) is 2.86. The van der Waals surface area contributed by atoms with Crippen LogP contribution in [0.1, 0.15) is 11.3 Å². The van der Waals surface area contributed by atoms with E-state index in [1.807, 2.05) is 0 Å². The molecule has 3 rings (SSSR count). The number of fused-ring (bicyclic) bond motifs is 1. The van der Waals surface area contributed by atoms with Crippen LogP contribution < -0.4 is 17.0 Å². The predicted octanol–water partition coefficient (Wildman–Crippen LogP) is -0.351. The van der Waals surface area contributed by atoms with Crippen molar-refractivity contribution in [2.24, 2.45) is 0 Å². The van der Waals surface area contributed by atoms with Crippen LogP contribution in [0.4, 0.5) is 0 Å². The lowest BCUT2D eigenvalue weighted by molar-refractivity contribution is -0.659. The van der Waals surface area contributed by atoms with E-state index >= 15 is 0 Å². The van der Waals surface area contributed by atoms with Crippen LogP contribution in [0.2, 0.25) is 0 Å². The highest BCUT2D eigenvalue weighted by Gasteiger charge is 2.13. The standard InChI is InChI=1S/C13H13N2S.ClH/c1-11-10-16-13-14(7-8-15(11)13)9-12-5-3-2-4-6-12;/h2-8,10H,9H2,1H3;1H/q+1;/p-1. The molecule has 3 aromatic rings. The molecule has 0 bridgehead atoms. The average molecular weight is 265 g/mol. The first-order valence-corrected chi connectivity index (χ1v) is 6.21. The Morgan fingerprint density at radius 2 is 2.00 bits per heavy atom. The van der Waals surface area contributed by atoms with Gasteiger partial charge in [-0.1, -0.05) is 41.7 Å². The quantitative estimate of drug-likeness (QED) is 0.560. The van der Waals surface area contributed by atoms with E-state index in [1.165, 1.54) is 16.2 Å². The van der Waals surface area contributed by atoms with Gasteiger partial charge in [-0.2, -0.15) is 4.40 Å². The summed E-state index contributed by atoms with van der Waals surface area (Å²) in [5, 5.41) is 2.19. The Labute approximate surface area is 111 Å². The van der Waals surface area contributed by atoms with E-state index in [0.717, 1.165) is 6.54 Å². The number of rotatable bonds is 2. The molecule has 17 heavy (non-hydrogen) atoms. The molecule has 0 aliphatic rings. The molecule has 0 atom stereocenters. The van der Waals surface area contributed by atoms with Gasteiger partial charge in [0.1, 0.15) is 24.6 Å². The molecule has 4 heteroatoms. The van der Waals surface area contributed by atoms with E-state index < -0.39 is 0 Å². The second-order valence-electron chi connectivity index (χ2n) is 3.94. The fraction of sp³-hybridized carbons (Fsp3) is 0.154. The van der Waals surface area contributed by atoms with Gasteiger partial charge in [0.25, 0.3) is 0 Å².